The lowest BCUT2D eigenvalue weighted by Gasteiger charge is -2.30. The third kappa shape index (κ3) is 3.76. The van der Waals surface area contributed by atoms with Gasteiger partial charge in [0.05, 0.1) is 29.7 Å². The number of aromatic nitrogens is 4. The van der Waals surface area contributed by atoms with Gasteiger partial charge in [-0.05, 0) is 25.5 Å². The summed E-state index contributed by atoms with van der Waals surface area (Å²) in [4.78, 5) is 20.5. The smallest absolute Gasteiger partial charge is 0.252 e. The van der Waals surface area contributed by atoms with Gasteiger partial charge >= 0.3 is 0 Å². The SMILES string of the molecule is Cc1nn(C)c2ncc(Nc3nc(N[C@@H]4CCOC[C@@H]4N)c(F)cc3C(N)=O)cc12. The molecule has 1 aliphatic rings. The van der Waals surface area contributed by atoms with Crippen molar-refractivity contribution in [3.63, 3.8) is 0 Å². The van der Waals surface area contributed by atoms with Gasteiger partial charge in [-0.2, -0.15) is 5.10 Å². The van der Waals surface area contributed by atoms with Crippen LogP contribution < -0.4 is 22.1 Å². The number of nitrogens with zero attached hydrogens (tertiary/aromatic N) is 4. The minimum atomic E-state index is -0.801. The second-order valence-electron chi connectivity index (χ2n) is 7.29. The Balaban J connectivity index is 1.68. The minimum Gasteiger partial charge on any atom is -0.380 e. The van der Waals surface area contributed by atoms with Crippen molar-refractivity contribution in [1.29, 1.82) is 0 Å². The number of hydrogen-bond acceptors (Lipinski definition) is 8. The number of primary amides is 1. The lowest BCUT2D eigenvalue weighted by Crippen LogP contribution is -2.47. The van der Waals surface area contributed by atoms with Crippen molar-refractivity contribution < 1.29 is 13.9 Å². The van der Waals surface area contributed by atoms with Gasteiger partial charge in [-0.25, -0.2) is 14.4 Å². The Morgan fingerprint density at radius 1 is 1.37 bits per heavy atom. The molecule has 0 radical (unpaired) electrons. The highest BCUT2D eigenvalue weighted by Gasteiger charge is 2.25. The van der Waals surface area contributed by atoms with Gasteiger partial charge in [-0.15, -0.1) is 0 Å². The van der Waals surface area contributed by atoms with E-state index in [-0.39, 0.29) is 29.3 Å². The molecule has 0 aliphatic carbocycles. The molecule has 0 aromatic carbocycles. The summed E-state index contributed by atoms with van der Waals surface area (Å²) in [5.74, 6) is -1.39. The second kappa shape index (κ2) is 7.84. The maximum atomic E-state index is 14.6. The van der Waals surface area contributed by atoms with E-state index in [2.05, 4.69) is 25.7 Å². The number of anilines is 3. The Kier molecular flexibility index (Phi) is 5.22. The Hall–Kier alpha value is -3.31. The van der Waals surface area contributed by atoms with Crippen molar-refractivity contribution in [3.8, 4) is 0 Å². The fourth-order valence-electron chi connectivity index (χ4n) is 3.50. The number of nitrogens with two attached hydrogens (primary N) is 2. The minimum absolute atomic E-state index is 0.0172. The molecular formula is C19H23FN8O2. The van der Waals surface area contributed by atoms with Crippen LogP contribution in [-0.2, 0) is 11.8 Å². The summed E-state index contributed by atoms with van der Waals surface area (Å²) >= 11 is 0. The number of amides is 1. The molecule has 3 aromatic heterocycles. The molecule has 1 saturated heterocycles. The number of nitrogens with one attached hydrogen (secondary N) is 2. The summed E-state index contributed by atoms with van der Waals surface area (Å²) < 4.78 is 21.6. The number of aryl methyl sites for hydroxylation is 2. The molecule has 2 atom stereocenters. The van der Waals surface area contributed by atoms with Gasteiger partial charge in [-0.1, -0.05) is 0 Å². The van der Waals surface area contributed by atoms with Crippen molar-refractivity contribution in [2.24, 2.45) is 18.5 Å². The zero-order valence-corrected chi connectivity index (χ0v) is 16.6. The first kappa shape index (κ1) is 20.0. The van der Waals surface area contributed by atoms with E-state index in [1.165, 1.54) is 0 Å². The first-order chi connectivity index (χ1) is 14.3. The number of rotatable bonds is 5. The maximum absolute atomic E-state index is 14.6. The summed E-state index contributed by atoms with van der Waals surface area (Å²) in [7, 11) is 1.81. The van der Waals surface area contributed by atoms with Crippen LogP contribution in [0.25, 0.3) is 11.0 Å². The molecule has 10 nitrogen and oxygen atoms in total. The number of pyridine rings is 2. The van der Waals surface area contributed by atoms with Gasteiger partial charge in [0.25, 0.3) is 5.91 Å². The molecule has 4 rings (SSSR count). The van der Waals surface area contributed by atoms with Crippen molar-refractivity contribution in [2.45, 2.75) is 25.4 Å². The Bertz CT molecular complexity index is 1120. The summed E-state index contributed by atoms with van der Waals surface area (Å²) in [5.41, 5.74) is 13.5. The quantitative estimate of drug-likeness (QED) is 0.487. The molecule has 158 valence electrons. The van der Waals surface area contributed by atoms with Crippen LogP contribution >= 0.6 is 0 Å². The summed E-state index contributed by atoms with van der Waals surface area (Å²) in [6.45, 7) is 2.77. The van der Waals surface area contributed by atoms with Crippen LogP contribution in [0, 0.1) is 12.7 Å². The van der Waals surface area contributed by atoms with E-state index in [1.54, 1.807) is 17.9 Å². The highest BCUT2D eigenvalue weighted by atomic mass is 19.1. The predicted octanol–water partition coefficient (Wildman–Crippen LogP) is 1.18. The molecule has 3 aromatic rings. The van der Waals surface area contributed by atoms with Crippen LogP contribution in [-0.4, -0.2) is 51.0 Å². The van der Waals surface area contributed by atoms with E-state index in [4.69, 9.17) is 16.2 Å². The van der Waals surface area contributed by atoms with Crippen molar-refractivity contribution >= 4 is 34.3 Å². The number of hydrogen-bond donors (Lipinski definition) is 4. The van der Waals surface area contributed by atoms with Gasteiger partial charge in [0.2, 0.25) is 0 Å². The van der Waals surface area contributed by atoms with Crippen LogP contribution in [0.4, 0.5) is 21.7 Å². The molecule has 11 heteroatoms. The molecule has 1 amide bonds. The third-order valence-electron chi connectivity index (χ3n) is 5.09. The Morgan fingerprint density at radius 2 is 2.17 bits per heavy atom. The van der Waals surface area contributed by atoms with E-state index in [1.807, 2.05) is 13.0 Å². The van der Waals surface area contributed by atoms with Crippen molar-refractivity contribution in [2.75, 3.05) is 23.8 Å². The lowest BCUT2D eigenvalue weighted by atomic mass is 10.0. The van der Waals surface area contributed by atoms with Crippen LogP contribution in [0.1, 0.15) is 22.5 Å². The van der Waals surface area contributed by atoms with Crippen molar-refractivity contribution in [3.05, 3.63) is 35.4 Å². The highest BCUT2D eigenvalue weighted by molar-refractivity contribution is 5.98. The zero-order chi connectivity index (χ0) is 21.4. The fraction of sp³-hybridized carbons (Fsp3) is 0.368. The summed E-state index contributed by atoms with van der Waals surface area (Å²) in [5, 5.41) is 11.2. The monoisotopic (exact) mass is 414 g/mol. The largest absolute Gasteiger partial charge is 0.380 e. The van der Waals surface area contributed by atoms with Gasteiger partial charge in [0.1, 0.15) is 5.82 Å². The molecule has 30 heavy (non-hydrogen) atoms. The van der Waals surface area contributed by atoms with E-state index in [0.717, 1.165) is 22.8 Å². The number of fused-ring (bicyclic) bond motifs is 1. The number of ether oxygens (including phenoxy) is 1. The molecule has 0 bridgehead atoms. The number of carbonyl (C=O) groups excluding carboxylic acids is 1. The van der Waals surface area contributed by atoms with Crippen LogP contribution in [0.2, 0.25) is 0 Å². The lowest BCUT2D eigenvalue weighted by molar-refractivity contribution is 0.0751. The van der Waals surface area contributed by atoms with Gasteiger partial charge in [0.15, 0.2) is 17.3 Å². The normalized spacial score (nSPS) is 19.1. The Labute approximate surface area is 171 Å². The van der Waals surface area contributed by atoms with Crippen molar-refractivity contribution in [1.82, 2.24) is 19.7 Å². The predicted molar refractivity (Wildman–Crippen MR) is 110 cm³/mol. The molecule has 6 N–H and O–H groups in total. The molecule has 0 saturated carbocycles. The van der Waals surface area contributed by atoms with Gasteiger partial charge in [0, 0.05) is 31.1 Å². The summed E-state index contributed by atoms with van der Waals surface area (Å²) in [6.07, 6.45) is 2.20. The number of carbonyl (C=O) groups is 1. The molecule has 0 unspecified atom stereocenters. The summed E-state index contributed by atoms with van der Waals surface area (Å²) in [6, 6.07) is 2.39. The van der Waals surface area contributed by atoms with E-state index >= 15 is 0 Å². The second-order valence-corrected chi connectivity index (χ2v) is 7.29. The first-order valence-corrected chi connectivity index (χ1v) is 9.50. The van der Waals surface area contributed by atoms with E-state index in [0.29, 0.717) is 25.3 Å². The number of halogens is 1. The topological polar surface area (TPSA) is 146 Å². The zero-order valence-electron chi connectivity index (χ0n) is 16.6. The van der Waals surface area contributed by atoms with E-state index < -0.39 is 11.7 Å². The van der Waals surface area contributed by atoms with Crippen LogP contribution in [0.15, 0.2) is 18.3 Å². The van der Waals surface area contributed by atoms with E-state index in [9.17, 15) is 9.18 Å². The average Bonchev–Trinajstić information content (AvgIpc) is 2.99. The van der Waals surface area contributed by atoms with Crippen LogP contribution in [0.5, 0.6) is 0 Å². The maximum Gasteiger partial charge on any atom is 0.252 e. The molecular weight excluding hydrogens is 391 g/mol. The average molecular weight is 414 g/mol. The molecule has 4 heterocycles. The standard InChI is InChI=1S/C19H23FN8O2/c1-9-11-5-10(7-23-19(11)28(2)27-9)24-17-12(16(22)29)6-13(20)18(26-17)25-15-3-4-30-8-14(15)21/h5-7,14-15H,3-4,8,21H2,1-2H3,(H2,22,29)(H2,24,25,26)/t14-,15+/m0/s1. The van der Waals surface area contributed by atoms with Crippen LogP contribution in [0.3, 0.4) is 0 Å². The molecule has 1 aliphatic heterocycles. The molecule has 1 fully saturated rings. The fourth-order valence-corrected chi connectivity index (χ4v) is 3.50. The van der Waals surface area contributed by atoms with Gasteiger partial charge in [-0.3, -0.25) is 9.48 Å². The molecule has 0 spiro atoms. The highest BCUT2D eigenvalue weighted by Crippen LogP contribution is 2.27. The third-order valence-corrected chi connectivity index (χ3v) is 5.09. The Morgan fingerprint density at radius 3 is 2.90 bits per heavy atom. The van der Waals surface area contributed by atoms with Gasteiger partial charge < -0.3 is 26.8 Å². The first-order valence-electron chi connectivity index (χ1n) is 9.50.